The third kappa shape index (κ3) is 3.60. The van der Waals surface area contributed by atoms with Gasteiger partial charge >= 0.3 is 0 Å². The topological polar surface area (TPSA) is 38.3 Å². The molecule has 1 atom stereocenters. The molecule has 3 nitrogen and oxygen atoms in total. The van der Waals surface area contributed by atoms with Gasteiger partial charge in [-0.2, -0.15) is 0 Å². The second kappa shape index (κ2) is 7.30. The second-order valence-electron chi connectivity index (χ2n) is 5.58. The van der Waals surface area contributed by atoms with Gasteiger partial charge in [-0.3, -0.25) is 4.79 Å². The summed E-state index contributed by atoms with van der Waals surface area (Å²) in [4.78, 5) is 12.4. The lowest BCUT2D eigenvalue weighted by molar-refractivity contribution is -0.122. The van der Waals surface area contributed by atoms with E-state index < -0.39 is 29.3 Å². The van der Waals surface area contributed by atoms with Crippen LogP contribution in [-0.2, 0) is 4.79 Å². The molecule has 5 heteroatoms. The molecule has 0 radical (unpaired) electrons. The first-order valence-electron chi connectivity index (χ1n) is 7.99. The first kappa shape index (κ1) is 16.9. The minimum atomic E-state index is -0.871. The first-order chi connectivity index (χ1) is 12.1. The van der Waals surface area contributed by atoms with Crippen LogP contribution in [0, 0.1) is 11.6 Å². The Hall–Kier alpha value is -2.95. The lowest BCUT2D eigenvalue weighted by atomic mass is 10.1. The minimum Gasteiger partial charge on any atom is -0.480 e. The van der Waals surface area contributed by atoms with Crippen LogP contribution in [0.5, 0.6) is 5.75 Å². The zero-order chi connectivity index (χ0) is 17.8. The molecule has 0 spiro atoms. The van der Waals surface area contributed by atoms with Crippen molar-refractivity contribution >= 4 is 22.4 Å². The van der Waals surface area contributed by atoms with E-state index >= 15 is 0 Å². The molecule has 0 fully saturated rings. The van der Waals surface area contributed by atoms with Crippen LogP contribution in [0.15, 0.2) is 60.7 Å². The number of ether oxygens (including phenoxy) is 1. The van der Waals surface area contributed by atoms with Gasteiger partial charge in [0.05, 0.1) is 0 Å². The molecule has 3 rings (SSSR count). The molecule has 0 saturated carbocycles. The van der Waals surface area contributed by atoms with Crippen molar-refractivity contribution in [2.75, 3.05) is 5.32 Å². The van der Waals surface area contributed by atoms with Crippen molar-refractivity contribution < 1.29 is 18.3 Å². The SMILES string of the molecule is CC[C@@H](Oc1cccc2ccccc12)C(=O)Nc1c(F)cccc1F. The van der Waals surface area contributed by atoms with E-state index in [1.54, 1.807) is 13.0 Å². The molecule has 0 bridgehead atoms. The van der Waals surface area contributed by atoms with E-state index in [4.69, 9.17) is 4.74 Å². The fraction of sp³-hybridized carbons (Fsp3) is 0.150. The Morgan fingerprint density at radius 1 is 1.00 bits per heavy atom. The number of halogens is 2. The summed E-state index contributed by atoms with van der Waals surface area (Å²) in [6.45, 7) is 1.77. The lowest BCUT2D eigenvalue weighted by Crippen LogP contribution is -2.33. The van der Waals surface area contributed by atoms with E-state index in [2.05, 4.69) is 5.32 Å². The van der Waals surface area contributed by atoms with Crippen molar-refractivity contribution in [1.29, 1.82) is 0 Å². The van der Waals surface area contributed by atoms with Gasteiger partial charge in [-0.05, 0) is 30.0 Å². The monoisotopic (exact) mass is 341 g/mol. The van der Waals surface area contributed by atoms with Crippen molar-refractivity contribution in [3.63, 3.8) is 0 Å². The summed E-state index contributed by atoms with van der Waals surface area (Å²) < 4.78 is 33.3. The Kier molecular flexibility index (Phi) is 4.93. The summed E-state index contributed by atoms with van der Waals surface area (Å²) in [6, 6.07) is 16.6. The molecule has 128 valence electrons. The number of rotatable bonds is 5. The number of benzene rings is 3. The van der Waals surface area contributed by atoms with E-state index in [9.17, 15) is 13.6 Å². The van der Waals surface area contributed by atoms with Gasteiger partial charge < -0.3 is 10.1 Å². The van der Waals surface area contributed by atoms with Crippen molar-refractivity contribution in [3.05, 3.63) is 72.3 Å². The quantitative estimate of drug-likeness (QED) is 0.716. The van der Waals surface area contributed by atoms with Crippen LogP contribution >= 0.6 is 0 Å². The molecule has 3 aromatic rings. The number of fused-ring (bicyclic) bond motifs is 1. The average molecular weight is 341 g/mol. The molecule has 3 aromatic carbocycles. The van der Waals surface area contributed by atoms with Crippen molar-refractivity contribution in [2.24, 2.45) is 0 Å². The fourth-order valence-electron chi connectivity index (χ4n) is 2.59. The van der Waals surface area contributed by atoms with Gasteiger partial charge in [-0.15, -0.1) is 0 Å². The summed E-state index contributed by atoms with van der Waals surface area (Å²) in [5, 5.41) is 4.13. The van der Waals surface area contributed by atoms with Crippen LogP contribution in [0.4, 0.5) is 14.5 Å². The number of hydrogen-bond acceptors (Lipinski definition) is 2. The van der Waals surface area contributed by atoms with Crippen LogP contribution in [0.3, 0.4) is 0 Å². The zero-order valence-electron chi connectivity index (χ0n) is 13.6. The number of carbonyl (C=O) groups is 1. The van der Waals surface area contributed by atoms with E-state index in [1.165, 1.54) is 6.07 Å². The normalized spacial score (nSPS) is 12.0. The van der Waals surface area contributed by atoms with Crippen LogP contribution in [0.2, 0.25) is 0 Å². The largest absolute Gasteiger partial charge is 0.480 e. The maximum absolute atomic E-state index is 13.7. The molecule has 0 heterocycles. The van der Waals surface area contributed by atoms with E-state index in [0.717, 1.165) is 22.9 Å². The summed E-state index contributed by atoms with van der Waals surface area (Å²) in [5.74, 6) is -1.70. The molecule has 0 aliphatic carbocycles. The van der Waals surface area contributed by atoms with E-state index in [1.807, 2.05) is 36.4 Å². The predicted molar refractivity (Wildman–Crippen MR) is 93.6 cm³/mol. The zero-order valence-corrected chi connectivity index (χ0v) is 13.6. The van der Waals surface area contributed by atoms with Crippen LogP contribution in [0.25, 0.3) is 10.8 Å². The minimum absolute atomic E-state index is 0.352. The maximum atomic E-state index is 13.7. The van der Waals surface area contributed by atoms with Crippen molar-refractivity contribution in [2.45, 2.75) is 19.4 Å². The summed E-state index contributed by atoms with van der Waals surface area (Å²) in [5.41, 5.74) is -0.465. The molecule has 0 saturated heterocycles. The number of carbonyl (C=O) groups excluding carboxylic acids is 1. The number of anilines is 1. The number of hydrogen-bond donors (Lipinski definition) is 1. The van der Waals surface area contributed by atoms with E-state index in [0.29, 0.717) is 12.2 Å². The number of nitrogens with one attached hydrogen (secondary N) is 1. The van der Waals surface area contributed by atoms with Crippen molar-refractivity contribution in [1.82, 2.24) is 0 Å². The molecular weight excluding hydrogens is 324 g/mol. The summed E-state index contributed by atoms with van der Waals surface area (Å²) in [6.07, 6.45) is -0.518. The Balaban J connectivity index is 1.83. The molecule has 0 aromatic heterocycles. The van der Waals surface area contributed by atoms with Gasteiger partial charge in [0.25, 0.3) is 5.91 Å². The van der Waals surface area contributed by atoms with Gasteiger partial charge in [-0.25, -0.2) is 8.78 Å². The Labute approximate surface area is 144 Å². The predicted octanol–water partition coefficient (Wildman–Crippen LogP) is 4.91. The highest BCUT2D eigenvalue weighted by Crippen LogP contribution is 2.27. The third-order valence-corrected chi connectivity index (χ3v) is 3.89. The van der Waals surface area contributed by atoms with Gasteiger partial charge in [0.15, 0.2) is 6.10 Å². The second-order valence-corrected chi connectivity index (χ2v) is 5.58. The van der Waals surface area contributed by atoms with Gasteiger partial charge in [0, 0.05) is 5.39 Å². The molecule has 1 amide bonds. The third-order valence-electron chi connectivity index (χ3n) is 3.89. The van der Waals surface area contributed by atoms with Crippen LogP contribution in [0.1, 0.15) is 13.3 Å². The summed E-state index contributed by atoms with van der Waals surface area (Å²) >= 11 is 0. The number of para-hydroxylation sites is 1. The Bertz CT molecular complexity index is 886. The average Bonchev–Trinajstić information content (AvgIpc) is 2.62. The highest BCUT2D eigenvalue weighted by atomic mass is 19.1. The Morgan fingerprint density at radius 3 is 2.36 bits per heavy atom. The molecule has 0 aliphatic heterocycles. The van der Waals surface area contributed by atoms with Gasteiger partial charge in [-0.1, -0.05) is 49.4 Å². The van der Waals surface area contributed by atoms with E-state index in [-0.39, 0.29) is 0 Å². The fourth-order valence-corrected chi connectivity index (χ4v) is 2.59. The molecule has 1 N–H and O–H groups in total. The van der Waals surface area contributed by atoms with Gasteiger partial charge in [0.1, 0.15) is 23.1 Å². The molecule has 0 unspecified atom stereocenters. The highest BCUT2D eigenvalue weighted by Gasteiger charge is 2.22. The maximum Gasteiger partial charge on any atom is 0.265 e. The lowest BCUT2D eigenvalue weighted by Gasteiger charge is -2.19. The summed E-state index contributed by atoms with van der Waals surface area (Å²) in [7, 11) is 0. The smallest absolute Gasteiger partial charge is 0.265 e. The molecular formula is C20H17F2NO2. The number of amides is 1. The standard InChI is InChI=1S/C20H17F2NO2/c1-2-17(20(24)23-19-15(21)10-6-11-16(19)22)25-18-12-5-8-13-7-3-4-9-14(13)18/h3-12,17H,2H2,1H3,(H,23,24)/t17-/m1/s1. The molecule has 0 aliphatic rings. The Morgan fingerprint density at radius 2 is 1.64 bits per heavy atom. The highest BCUT2D eigenvalue weighted by molar-refractivity contribution is 5.95. The molecule has 25 heavy (non-hydrogen) atoms. The van der Waals surface area contributed by atoms with Crippen molar-refractivity contribution in [3.8, 4) is 5.75 Å². The van der Waals surface area contributed by atoms with Crippen LogP contribution in [-0.4, -0.2) is 12.0 Å². The van der Waals surface area contributed by atoms with Gasteiger partial charge in [0.2, 0.25) is 0 Å². The first-order valence-corrected chi connectivity index (χ1v) is 7.99. The van der Waals surface area contributed by atoms with Crippen LogP contribution < -0.4 is 10.1 Å².